The largest absolute Gasteiger partial charge is 0.324 e. The number of anilines is 1. The summed E-state index contributed by atoms with van der Waals surface area (Å²) >= 11 is 0. The van der Waals surface area contributed by atoms with Gasteiger partial charge >= 0.3 is 0 Å². The van der Waals surface area contributed by atoms with Crippen LogP contribution in [0.4, 0.5) is 5.69 Å². The third kappa shape index (κ3) is 3.47. The number of nitrogens with one attached hydrogen (secondary N) is 1. The second-order valence-electron chi connectivity index (χ2n) is 6.10. The number of para-hydroxylation sites is 2. The highest BCUT2D eigenvalue weighted by atomic mass is 16.2. The molecule has 5 heteroatoms. The molecule has 0 aliphatic carbocycles. The van der Waals surface area contributed by atoms with Gasteiger partial charge in [-0.3, -0.25) is 4.79 Å². The fraction of sp³-hybridized carbons (Fsp3) is 0.0952. The Morgan fingerprint density at radius 1 is 0.885 bits per heavy atom. The van der Waals surface area contributed by atoms with Crippen molar-refractivity contribution >= 4 is 22.6 Å². The summed E-state index contributed by atoms with van der Waals surface area (Å²) in [6.45, 7) is 0.125. The van der Waals surface area contributed by atoms with Crippen LogP contribution in [0.1, 0.15) is 11.1 Å². The molecule has 0 unspecified atom stereocenters. The van der Waals surface area contributed by atoms with E-state index in [4.69, 9.17) is 0 Å². The first kappa shape index (κ1) is 16.0. The quantitative estimate of drug-likeness (QED) is 0.602. The molecule has 0 atom stereocenters. The van der Waals surface area contributed by atoms with E-state index >= 15 is 0 Å². The summed E-state index contributed by atoms with van der Waals surface area (Å²) in [7, 11) is 0. The Hall–Kier alpha value is -3.47. The zero-order valence-corrected chi connectivity index (χ0v) is 14.2. The summed E-state index contributed by atoms with van der Waals surface area (Å²) < 4.78 is 1.62. The molecule has 3 aromatic carbocycles. The van der Waals surface area contributed by atoms with E-state index in [-0.39, 0.29) is 12.5 Å². The molecule has 0 aliphatic rings. The average Bonchev–Trinajstić information content (AvgIpc) is 3.07. The van der Waals surface area contributed by atoms with Crippen LogP contribution >= 0.6 is 0 Å². The molecule has 26 heavy (non-hydrogen) atoms. The van der Waals surface area contributed by atoms with Crippen LogP contribution < -0.4 is 5.32 Å². The first-order valence-corrected chi connectivity index (χ1v) is 8.49. The number of benzene rings is 3. The number of nitrogens with zero attached hydrogens (tertiary/aromatic N) is 3. The van der Waals surface area contributed by atoms with Gasteiger partial charge in [-0.15, -0.1) is 5.10 Å². The fourth-order valence-electron chi connectivity index (χ4n) is 2.97. The van der Waals surface area contributed by atoms with Gasteiger partial charge in [-0.1, -0.05) is 65.9 Å². The van der Waals surface area contributed by atoms with Crippen LogP contribution in [0.3, 0.4) is 0 Å². The molecule has 4 rings (SSSR count). The lowest BCUT2D eigenvalue weighted by atomic mass is 10.0. The second-order valence-corrected chi connectivity index (χ2v) is 6.10. The lowest BCUT2D eigenvalue weighted by molar-refractivity contribution is -0.116. The molecule has 0 aliphatic heterocycles. The molecule has 1 aromatic heterocycles. The lowest BCUT2D eigenvalue weighted by Gasteiger charge is -2.11. The van der Waals surface area contributed by atoms with E-state index in [0.717, 1.165) is 28.7 Å². The number of aromatic nitrogens is 3. The molecule has 0 radical (unpaired) electrons. The molecular formula is C21H18N4O. The van der Waals surface area contributed by atoms with Crippen molar-refractivity contribution in [1.82, 2.24) is 15.0 Å². The summed E-state index contributed by atoms with van der Waals surface area (Å²) in [5.74, 6) is -0.124. The summed E-state index contributed by atoms with van der Waals surface area (Å²) in [6.07, 6.45) is 0.767. The Kier molecular flexibility index (Phi) is 4.43. The van der Waals surface area contributed by atoms with Crippen molar-refractivity contribution in [2.45, 2.75) is 13.0 Å². The molecule has 5 nitrogen and oxygen atoms in total. The van der Waals surface area contributed by atoms with Crippen molar-refractivity contribution in [2.75, 3.05) is 5.32 Å². The Morgan fingerprint density at radius 2 is 1.62 bits per heavy atom. The Bertz CT molecular complexity index is 1040. The Morgan fingerprint density at radius 3 is 2.50 bits per heavy atom. The van der Waals surface area contributed by atoms with Gasteiger partial charge in [-0.25, -0.2) is 4.68 Å². The maximum atomic E-state index is 12.5. The van der Waals surface area contributed by atoms with Crippen LogP contribution in [-0.2, 0) is 17.8 Å². The van der Waals surface area contributed by atoms with Crippen LogP contribution in [0, 0.1) is 0 Å². The van der Waals surface area contributed by atoms with Gasteiger partial charge in [0.05, 0.1) is 5.52 Å². The molecule has 128 valence electrons. The van der Waals surface area contributed by atoms with Gasteiger partial charge in [0.15, 0.2) is 0 Å². The molecule has 4 aromatic rings. The minimum absolute atomic E-state index is 0.124. The van der Waals surface area contributed by atoms with Crippen molar-refractivity contribution in [3.63, 3.8) is 0 Å². The smallest absolute Gasteiger partial charge is 0.246 e. The van der Waals surface area contributed by atoms with Gasteiger partial charge in [0.25, 0.3) is 0 Å². The zero-order chi connectivity index (χ0) is 17.8. The predicted octanol–water partition coefficient (Wildman–Crippen LogP) is 3.66. The van der Waals surface area contributed by atoms with Crippen LogP contribution in [-0.4, -0.2) is 20.9 Å². The summed E-state index contributed by atoms with van der Waals surface area (Å²) in [5, 5.41) is 11.2. The Balaban J connectivity index is 1.51. The van der Waals surface area contributed by atoms with Gasteiger partial charge < -0.3 is 5.32 Å². The number of carbonyl (C=O) groups is 1. The molecule has 1 amide bonds. The second kappa shape index (κ2) is 7.19. The molecule has 0 spiro atoms. The zero-order valence-electron chi connectivity index (χ0n) is 14.2. The summed E-state index contributed by atoms with van der Waals surface area (Å²) in [5.41, 5.74) is 4.74. The topological polar surface area (TPSA) is 59.8 Å². The van der Waals surface area contributed by atoms with Crippen molar-refractivity contribution in [1.29, 1.82) is 0 Å². The number of carbonyl (C=O) groups excluding carboxylic acids is 1. The van der Waals surface area contributed by atoms with E-state index in [1.165, 1.54) is 5.56 Å². The summed E-state index contributed by atoms with van der Waals surface area (Å²) in [6, 6.07) is 25.7. The van der Waals surface area contributed by atoms with E-state index in [2.05, 4.69) is 27.8 Å². The SMILES string of the molecule is O=C(Cn1nnc2ccccc21)Nc1ccccc1Cc1ccccc1. The van der Waals surface area contributed by atoms with Gasteiger partial charge in [-0.2, -0.15) is 0 Å². The van der Waals surface area contributed by atoms with Gasteiger partial charge in [0.2, 0.25) is 5.91 Å². The molecule has 0 saturated heterocycles. The third-order valence-corrected chi connectivity index (χ3v) is 4.24. The number of hydrogen-bond acceptors (Lipinski definition) is 3. The minimum atomic E-state index is -0.124. The van der Waals surface area contributed by atoms with Crippen molar-refractivity contribution in [3.05, 3.63) is 90.0 Å². The minimum Gasteiger partial charge on any atom is -0.324 e. The van der Waals surface area contributed by atoms with Gasteiger partial charge in [0, 0.05) is 5.69 Å². The molecule has 1 N–H and O–H groups in total. The number of fused-ring (bicyclic) bond motifs is 1. The monoisotopic (exact) mass is 342 g/mol. The van der Waals surface area contributed by atoms with E-state index < -0.39 is 0 Å². The first-order chi connectivity index (χ1) is 12.8. The molecule has 1 heterocycles. The average molecular weight is 342 g/mol. The maximum absolute atomic E-state index is 12.5. The van der Waals surface area contributed by atoms with Crippen LogP contribution in [0.5, 0.6) is 0 Å². The lowest BCUT2D eigenvalue weighted by Crippen LogP contribution is -2.20. The standard InChI is InChI=1S/C21H18N4O/c26-21(15-25-20-13-7-6-12-19(20)23-24-25)22-18-11-5-4-10-17(18)14-16-8-2-1-3-9-16/h1-13H,14-15H2,(H,22,26). The van der Waals surface area contributed by atoms with Crippen molar-refractivity contribution < 1.29 is 4.79 Å². The van der Waals surface area contributed by atoms with Crippen LogP contribution in [0.25, 0.3) is 11.0 Å². The van der Waals surface area contributed by atoms with Gasteiger partial charge in [0.1, 0.15) is 12.1 Å². The molecule has 0 fully saturated rings. The van der Waals surface area contributed by atoms with Gasteiger partial charge in [-0.05, 0) is 35.7 Å². The summed E-state index contributed by atoms with van der Waals surface area (Å²) in [4.78, 5) is 12.5. The molecule has 0 bridgehead atoms. The van der Waals surface area contributed by atoms with E-state index in [1.807, 2.05) is 66.7 Å². The highest BCUT2D eigenvalue weighted by Crippen LogP contribution is 2.19. The van der Waals surface area contributed by atoms with Crippen LogP contribution in [0.15, 0.2) is 78.9 Å². The molecule has 0 saturated carbocycles. The highest BCUT2D eigenvalue weighted by Gasteiger charge is 2.11. The van der Waals surface area contributed by atoms with Crippen LogP contribution in [0.2, 0.25) is 0 Å². The number of amides is 1. The first-order valence-electron chi connectivity index (χ1n) is 8.49. The number of hydrogen-bond donors (Lipinski definition) is 1. The fourth-order valence-corrected chi connectivity index (χ4v) is 2.97. The third-order valence-electron chi connectivity index (χ3n) is 4.24. The van der Waals surface area contributed by atoms with E-state index in [0.29, 0.717) is 0 Å². The number of rotatable bonds is 5. The Labute approximate surface area is 151 Å². The maximum Gasteiger partial charge on any atom is 0.246 e. The highest BCUT2D eigenvalue weighted by molar-refractivity contribution is 5.92. The normalized spacial score (nSPS) is 10.8. The molecular weight excluding hydrogens is 324 g/mol. The van der Waals surface area contributed by atoms with Crippen molar-refractivity contribution in [2.24, 2.45) is 0 Å². The predicted molar refractivity (Wildman–Crippen MR) is 102 cm³/mol. The van der Waals surface area contributed by atoms with E-state index in [1.54, 1.807) is 4.68 Å². The van der Waals surface area contributed by atoms with E-state index in [9.17, 15) is 4.79 Å². The van der Waals surface area contributed by atoms with Crippen molar-refractivity contribution in [3.8, 4) is 0 Å².